The van der Waals surface area contributed by atoms with Crippen molar-refractivity contribution in [3.05, 3.63) is 89.5 Å². The minimum Gasteiger partial charge on any atom is -0.491 e. The monoisotopic (exact) mass is 939 g/mol. The van der Waals surface area contributed by atoms with Gasteiger partial charge >= 0.3 is 0 Å². The fourth-order valence-corrected chi connectivity index (χ4v) is 10.2. The highest BCUT2D eigenvalue weighted by molar-refractivity contribution is 7.99. The molecule has 3 saturated heterocycles. The number of anilines is 3. The number of aromatic nitrogens is 2. The van der Waals surface area contributed by atoms with Crippen molar-refractivity contribution in [2.24, 2.45) is 0 Å². The predicted octanol–water partition coefficient (Wildman–Crippen LogP) is 6.03. The van der Waals surface area contributed by atoms with E-state index >= 15 is 0 Å². The fourth-order valence-electron chi connectivity index (χ4n) is 8.93. The molecule has 8 rings (SSSR count). The summed E-state index contributed by atoms with van der Waals surface area (Å²) in [5.41, 5.74) is 2.12. The number of amides is 6. The summed E-state index contributed by atoms with van der Waals surface area (Å²) in [7, 11) is 0. The molecule has 66 heavy (non-hydrogen) atoms. The van der Waals surface area contributed by atoms with Crippen LogP contribution in [0.4, 0.5) is 21.6 Å². The minimum absolute atomic E-state index is 0.0273. The number of fused-ring (bicyclic) bond motifs is 2. The average Bonchev–Trinajstić information content (AvgIpc) is 3.57. The Morgan fingerprint density at radius 3 is 2.52 bits per heavy atom. The van der Waals surface area contributed by atoms with Crippen LogP contribution in [0.5, 0.6) is 5.75 Å². The number of hydrogen-bond donors (Lipinski definition) is 3. The van der Waals surface area contributed by atoms with E-state index in [4.69, 9.17) is 16.3 Å². The number of imide groups is 2. The second kappa shape index (κ2) is 21.1. The van der Waals surface area contributed by atoms with Crippen LogP contribution in [0.15, 0.2) is 72.4 Å². The first-order valence-corrected chi connectivity index (χ1v) is 23.6. The zero-order valence-corrected chi connectivity index (χ0v) is 37.9. The Kier molecular flexibility index (Phi) is 14.9. The maximum absolute atomic E-state index is 13.8. The molecule has 4 aliphatic rings. The van der Waals surface area contributed by atoms with Crippen molar-refractivity contribution in [1.82, 2.24) is 34.9 Å². The number of carbonyl (C=O) groups excluding carboxylic acids is 6. The van der Waals surface area contributed by atoms with Gasteiger partial charge in [0, 0.05) is 73.6 Å². The first kappa shape index (κ1) is 46.6. The molecule has 16 nitrogen and oxygen atoms in total. The molecule has 3 fully saturated rings. The molecule has 19 heteroatoms. The van der Waals surface area contributed by atoms with Gasteiger partial charge in [-0.2, -0.15) is 0 Å². The molecule has 0 radical (unpaired) electrons. The number of halogens is 2. The van der Waals surface area contributed by atoms with Gasteiger partial charge in [0.15, 0.2) is 0 Å². The fraction of sp³-hybridized carbons (Fsp3) is 0.404. The Bertz CT molecular complexity index is 2550. The maximum Gasteiger partial charge on any atom is 0.263 e. The van der Waals surface area contributed by atoms with Crippen LogP contribution in [0.2, 0.25) is 5.02 Å². The number of nitrogens with zero attached hydrogens (tertiary/aromatic N) is 6. The first-order valence-electron chi connectivity index (χ1n) is 22.3. The van der Waals surface area contributed by atoms with E-state index in [9.17, 15) is 33.2 Å². The van der Waals surface area contributed by atoms with Gasteiger partial charge in [-0.3, -0.25) is 43.9 Å². The van der Waals surface area contributed by atoms with Crippen molar-refractivity contribution in [2.45, 2.75) is 68.3 Å². The zero-order chi connectivity index (χ0) is 46.3. The molecule has 3 N–H and O–H groups in total. The van der Waals surface area contributed by atoms with E-state index in [0.717, 1.165) is 63.3 Å². The Balaban J connectivity index is 0.735. The molecular formula is C47H51ClFN9O7S. The first-order chi connectivity index (χ1) is 32.0. The van der Waals surface area contributed by atoms with E-state index in [2.05, 4.69) is 42.3 Å². The molecule has 5 heterocycles. The molecule has 4 aromatic rings. The molecule has 0 aliphatic carbocycles. The topological polar surface area (TPSA) is 186 Å². The number of unbranched alkanes of at least 4 members (excludes halogenated alkanes) is 1. The van der Waals surface area contributed by atoms with Gasteiger partial charge in [0.25, 0.3) is 11.8 Å². The average molecular weight is 940 g/mol. The number of likely N-dealkylation sites (tertiary alicyclic amines) is 1. The van der Waals surface area contributed by atoms with Crippen LogP contribution in [-0.2, 0) is 19.2 Å². The number of piperidine rings is 2. The molecule has 4 aliphatic heterocycles. The standard InChI is InChI=1S/C47H51ClFN9O7S/c1-2-40(59)53-36-26-32-35(50-28-51-44(32)52-29-10-11-34(49)33(48)25-29)27-38(36)65-23-6-16-55-17-14-30(15-18-55)56-19-21-57(22-20-56)42(61)9-3-4-24-66-39-8-5-7-31-43(39)47(64)58(46(31)63)37-12-13-41(60)54-45(37)62/h2,5,7-8,10-11,25-28,30,37H,1,3-4,6,9,12-24H2,(H,53,59)(H,50,51,52)(H,54,60,62). The number of thioether (sulfide) groups is 1. The van der Waals surface area contributed by atoms with E-state index in [1.54, 1.807) is 36.4 Å². The van der Waals surface area contributed by atoms with E-state index in [1.165, 1.54) is 36.3 Å². The second-order valence-corrected chi connectivity index (χ2v) is 18.2. The number of carbonyl (C=O) groups is 6. The third kappa shape index (κ3) is 10.7. The third-order valence-electron chi connectivity index (χ3n) is 12.5. The SMILES string of the molecule is C=CC(=O)Nc1cc2c(Nc3ccc(F)c(Cl)c3)ncnc2cc1OCCCN1CCC(N2CCN(C(=O)CCCCSc3cccc4c3C(=O)N(C3CCC(=O)NC3=O)C4=O)CC2)CC1. The van der Waals surface area contributed by atoms with Gasteiger partial charge < -0.3 is 25.2 Å². The van der Waals surface area contributed by atoms with Crippen LogP contribution in [0.1, 0.15) is 72.1 Å². The summed E-state index contributed by atoms with van der Waals surface area (Å²) in [6, 6.07) is 12.4. The number of piperazine rings is 1. The highest BCUT2D eigenvalue weighted by atomic mass is 35.5. The largest absolute Gasteiger partial charge is 0.491 e. The minimum atomic E-state index is -1.01. The van der Waals surface area contributed by atoms with Crippen molar-refractivity contribution < 1.29 is 37.9 Å². The van der Waals surface area contributed by atoms with Crippen LogP contribution < -0.4 is 20.7 Å². The maximum atomic E-state index is 13.8. The lowest BCUT2D eigenvalue weighted by atomic mass is 10.0. The van der Waals surface area contributed by atoms with E-state index in [0.29, 0.717) is 88.6 Å². The van der Waals surface area contributed by atoms with Gasteiger partial charge in [-0.25, -0.2) is 14.4 Å². The summed E-state index contributed by atoms with van der Waals surface area (Å²) in [5.74, 6) is -1.28. The summed E-state index contributed by atoms with van der Waals surface area (Å²) < 4.78 is 20.0. The molecule has 346 valence electrons. The smallest absolute Gasteiger partial charge is 0.263 e. The molecule has 1 aromatic heterocycles. The zero-order valence-electron chi connectivity index (χ0n) is 36.4. The van der Waals surface area contributed by atoms with Gasteiger partial charge in [-0.1, -0.05) is 24.2 Å². The van der Waals surface area contributed by atoms with Crippen LogP contribution in [0, 0.1) is 5.82 Å². The Hall–Kier alpha value is -5.95. The molecule has 0 spiro atoms. The van der Waals surface area contributed by atoms with Crippen LogP contribution in [0.3, 0.4) is 0 Å². The van der Waals surface area contributed by atoms with Crippen molar-refractivity contribution in [2.75, 3.05) is 68.8 Å². The van der Waals surface area contributed by atoms with Crippen LogP contribution >= 0.6 is 23.4 Å². The van der Waals surface area contributed by atoms with E-state index < -0.39 is 41.4 Å². The van der Waals surface area contributed by atoms with Gasteiger partial charge in [0.2, 0.25) is 23.6 Å². The number of ether oxygens (including phenoxy) is 1. The van der Waals surface area contributed by atoms with E-state index in [1.807, 2.05) is 4.90 Å². The van der Waals surface area contributed by atoms with Gasteiger partial charge in [-0.05, 0) is 99.8 Å². The van der Waals surface area contributed by atoms with Crippen LogP contribution in [-0.4, -0.2) is 135 Å². The summed E-state index contributed by atoms with van der Waals surface area (Å²) in [6.45, 7) is 9.91. The molecule has 1 unspecified atom stereocenters. The van der Waals surface area contributed by atoms with Crippen molar-refractivity contribution in [3.8, 4) is 5.75 Å². The number of nitrogens with one attached hydrogen (secondary N) is 3. The van der Waals surface area contributed by atoms with Gasteiger partial charge in [0.05, 0.1) is 34.0 Å². The van der Waals surface area contributed by atoms with Crippen molar-refractivity contribution in [1.29, 1.82) is 0 Å². The van der Waals surface area contributed by atoms with Crippen LogP contribution in [0.25, 0.3) is 10.9 Å². The lowest BCUT2D eigenvalue weighted by Crippen LogP contribution is -2.54. The molecule has 0 saturated carbocycles. The Labute approximate surface area is 390 Å². The number of hydrogen-bond acceptors (Lipinski definition) is 13. The van der Waals surface area contributed by atoms with E-state index in [-0.39, 0.29) is 29.3 Å². The lowest BCUT2D eigenvalue weighted by molar-refractivity contribution is -0.136. The normalized spacial score (nSPS) is 18.4. The Morgan fingerprint density at radius 2 is 1.76 bits per heavy atom. The Morgan fingerprint density at radius 1 is 0.955 bits per heavy atom. The number of rotatable bonds is 17. The highest BCUT2D eigenvalue weighted by Crippen LogP contribution is 2.36. The summed E-state index contributed by atoms with van der Waals surface area (Å²) >= 11 is 7.45. The quantitative estimate of drug-likeness (QED) is 0.0483. The third-order valence-corrected chi connectivity index (χ3v) is 13.9. The van der Waals surface area contributed by atoms with Crippen molar-refractivity contribution >= 4 is 86.9 Å². The molecule has 6 amide bonds. The van der Waals surface area contributed by atoms with Gasteiger partial charge in [0.1, 0.15) is 29.8 Å². The highest BCUT2D eigenvalue weighted by Gasteiger charge is 2.45. The molecule has 1 atom stereocenters. The predicted molar refractivity (Wildman–Crippen MR) is 248 cm³/mol. The van der Waals surface area contributed by atoms with Gasteiger partial charge in [-0.15, -0.1) is 11.8 Å². The summed E-state index contributed by atoms with van der Waals surface area (Å²) in [5, 5.41) is 8.79. The summed E-state index contributed by atoms with van der Waals surface area (Å²) in [4.78, 5) is 93.6. The molecule has 3 aromatic carbocycles. The second-order valence-electron chi connectivity index (χ2n) is 16.7. The lowest BCUT2D eigenvalue weighted by Gasteiger charge is -2.42. The summed E-state index contributed by atoms with van der Waals surface area (Å²) in [6.07, 6.45) is 7.56. The molecular weight excluding hydrogens is 889 g/mol. The number of benzene rings is 3. The van der Waals surface area contributed by atoms with Crippen molar-refractivity contribution in [3.63, 3.8) is 0 Å². The molecule has 0 bridgehead atoms.